The van der Waals surface area contributed by atoms with Crippen LogP contribution in [-0.4, -0.2) is 36.8 Å². The van der Waals surface area contributed by atoms with Gasteiger partial charge in [0.2, 0.25) is 0 Å². The molecule has 0 aliphatic heterocycles. The molecule has 0 amide bonds. The first-order valence-corrected chi connectivity index (χ1v) is 19.3. The van der Waals surface area contributed by atoms with E-state index in [2.05, 4.69) is 131 Å². The van der Waals surface area contributed by atoms with Gasteiger partial charge in [-0.1, -0.05) is 161 Å². The minimum Gasteiger partial charge on any atom is -0.324 e. The van der Waals surface area contributed by atoms with E-state index in [-0.39, 0.29) is 0 Å². The number of hydrogen-bond donors (Lipinski definition) is 0. The lowest BCUT2D eigenvalue weighted by Gasteiger charge is -2.47. The van der Waals surface area contributed by atoms with E-state index in [4.69, 9.17) is 0 Å². The maximum atomic E-state index is 2.40. The van der Waals surface area contributed by atoms with E-state index >= 15 is 0 Å². The monoisotopic (exact) mass is 626 g/mol. The molecule has 0 aliphatic rings. The molecule has 0 N–H and O–H groups in total. The second kappa shape index (κ2) is 20.1. The van der Waals surface area contributed by atoms with Gasteiger partial charge in [-0.3, -0.25) is 0 Å². The van der Waals surface area contributed by atoms with Crippen LogP contribution in [0, 0.1) is 41.5 Å². The highest BCUT2D eigenvalue weighted by Crippen LogP contribution is 2.24. The predicted octanol–water partition coefficient (Wildman–Crippen LogP) is 10.8. The quantitative estimate of drug-likeness (QED) is 0.0975. The first-order valence-electron chi connectivity index (χ1n) is 19.3. The summed E-state index contributed by atoms with van der Waals surface area (Å²) in [6.45, 7) is 31.1. The Hall–Kier alpha value is -2.32. The summed E-state index contributed by atoms with van der Waals surface area (Å²) in [6, 6.07) is 20.8. The van der Waals surface area contributed by atoms with Crippen molar-refractivity contribution in [2.75, 3.05) is 26.2 Å². The van der Waals surface area contributed by atoms with Crippen molar-refractivity contribution in [3.8, 4) is 0 Å². The molecule has 0 fully saturated rings. The summed E-state index contributed by atoms with van der Waals surface area (Å²) >= 11 is 0. The van der Waals surface area contributed by atoms with E-state index in [1.165, 1.54) is 151 Å². The molecule has 3 rings (SSSR count). The maximum Gasteiger partial charge on any atom is 0.0825 e. The van der Waals surface area contributed by atoms with Gasteiger partial charge in [0.1, 0.15) is 0 Å². The molecule has 0 saturated carbocycles. The molecule has 0 aromatic heterocycles. The average molecular weight is 626 g/mol. The Balaban J connectivity index is 0.000000372. The van der Waals surface area contributed by atoms with Gasteiger partial charge in [-0.25, -0.2) is 0 Å². The fraction of sp³-hybridized carbons (Fsp3) is 0.591. The standard InChI is InChI=1S/C28H36B.C16H36N/c1-8-9-19-29(26-16-10-13-20(2)23(26)5,27-17-11-14-21(3)24(27)6)28-18-12-15-22(4)25(28)7;1-5-9-13-17(14-10-6-2,15-11-7-3)16-12-8-4/h10-18H,8-9,19H2,1-7H3;5-16H2,1-4H3/q-1;+1. The summed E-state index contributed by atoms with van der Waals surface area (Å²) in [6.07, 6.45) is 13.6. The second-order valence-corrected chi connectivity index (χ2v) is 14.7. The third kappa shape index (κ3) is 10.1. The SMILES string of the molecule is CCCC[B-](c1cccc(C)c1C)(c1cccc(C)c1C)c1cccc(C)c1C.CCCC[N+](CCCC)(CCCC)CCCC. The second-order valence-electron chi connectivity index (χ2n) is 14.7. The Bertz CT molecular complexity index is 1140. The van der Waals surface area contributed by atoms with Crippen molar-refractivity contribution in [2.45, 2.75) is 147 Å². The van der Waals surface area contributed by atoms with Crippen LogP contribution in [0.15, 0.2) is 54.6 Å². The third-order valence-electron chi connectivity index (χ3n) is 11.5. The van der Waals surface area contributed by atoms with Crippen LogP contribution < -0.4 is 16.4 Å². The highest BCUT2D eigenvalue weighted by molar-refractivity contribution is 7.12. The molecular weight excluding hydrogens is 553 g/mol. The van der Waals surface area contributed by atoms with Crippen molar-refractivity contribution in [3.05, 3.63) is 88.0 Å². The Morgan fingerprint density at radius 2 is 0.696 bits per heavy atom. The number of hydrogen-bond acceptors (Lipinski definition) is 0. The summed E-state index contributed by atoms with van der Waals surface area (Å²) in [5.74, 6) is 0. The van der Waals surface area contributed by atoms with E-state index in [0.29, 0.717) is 0 Å². The molecule has 3 aromatic carbocycles. The minimum atomic E-state index is -1.05. The van der Waals surface area contributed by atoms with Gasteiger partial charge in [0, 0.05) is 0 Å². The van der Waals surface area contributed by atoms with E-state index in [0.717, 1.165) is 0 Å². The molecule has 0 bridgehead atoms. The van der Waals surface area contributed by atoms with Crippen molar-refractivity contribution in [2.24, 2.45) is 0 Å². The van der Waals surface area contributed by atoms with Gasteiger partial charge in [-0.2, -0.15) is 22.7 Å². The lowest BCUT2D eigenvalue weighted by atomic mass is 9.12. The molecule has 0 unspecified atom stereocenters. The summed E-state index contributed by atoms with van der Waals surface area (Å²) < 4.78 is 1.42. The Morgan fingerprint density at radius 3 is 0.957 bits per heavy atom. The lowest BCUT2D eigenvalue weighted by Crippen LogP contribution is -2.69. The zero-order valence-electron chi connectivity index (χ0n) is 32.3. The molecule has 3 aromatic rings. The maximum absolute atomic E-state index is 2.40. The largest absolute Gasteiger partial charge is 0.324 e. The third-order valence-corrected chi connectivity index (χ3v) is 11.5. The van der Waals surface area contributed by atoms with Crippen LogP contribution in [0.3, 0.4) is 0 Å². The van der Waals surface area contributed by atoms with Crippen molar-refractivity contribution < 1.29 is 4.48 Å². The topological polar surface area (TPSA) is 0 Å². The normalized spacial score (nSPS) is 11.8. The molecule has 0 saturated heterocycles. The van der Waals surface area contributed by atoms with Gasteiger partial charge >= 0.3 is 0 Å². The van der Waals surface area contributed by atoms with E-state index in [1.54, 1.807) is 0 Å². The van der Waals surface area contributed by atoms with Crippen LogP contribution in [0.4, 0.5) is 0 Å². The van der Waals surface area contributed by atoms with Gasteiger partial charge in [-0.15, -0.1) is 0 Å². The summed E-state index contributed by atoms with van der Waals surface area (Å²) in [5, 5.41) is 0. The predicted molar refractivity (Wildman–Crippen MR) is 211 cm³/mol. The van der Waals surface area contributed by atoms with Crippen LogP contribution in [0.5, 0.6) is 0 Å². The van der Waals surface area contributed by atoms with Gasteiger partial charge in [0.25, 0.3) is 0 Å². The molecule has 2 heteroatoms. The number of unbranched alkanes of at least 4 members (excludes halogenated alkanes) is 5. The lowest BCUT2D eigenvalue weighted by molar-refractivity contribution is -0.929. The summed E-state index contributed by atoms with van der Waals surface area (Å²) in [7, 11) is 0. The molecule has 1 nitrogen and oxygen atoms in total. The van der Waals surface area contributed by atoms with E-state index < -0.39 is 6.15 Å². The Morgan fingerprint density at radius 1 is 0.413 bits per heavy atom. The van der Waals surface area contributed by atoms with Crippen molar-refractivity contribution in [3.63, 3.8) is 0 Å². The molecular formula is C44H72BN. The van der Waals surface area contributed by atoms with Crippen LogP contribution in [0.1, 0.15) is 132 Å². The van der Waals surface area contributed by atoms with E-state index in [1.807, 2.05) is 0 Å². The molecule has 256 valence electrons. The van der Waals surface area contributed by atoms with Gasteiger partial charge < -0.3 is 4.48 Å². The smallest absolute Gasteiger partial charge is 0.0825 e. The van der Waals surface area contributed by atoms with Crippen molar-refractivity contribution >= 4 is 22.5 Å². The molecule has 0 aliphatic carbocycles. The number of nitrogens with zero attached hydrogens (tertiary/aromatic N) is 1. The molecule has 46 heavy (non-hydrogen) atoms. The van der Waals surface area contributed by atoms with Crippen LogP contribution in [0.25, 0.3) is 0 Å². The summed E-state index contributed by atoms with van der Waals surface area (Å²) in [5.41, 5.74) is 13.1. The molecule has 0 atom stereocenters. The highest BCUT2D eigenvalue weighted by Gasteiger charge is 2.33. The van der Waals surface area contributed by atoms with Crippen LogP contribution in [-0.2, 0) is 0 Å². The molecule has 0 radical (unpaired) electrons. The number of benzene rings is 3. The summed E-state index contributed by atoms with van der Waals surface area (Å²) in [4.78, 5) is 0. The minimum absolute atomic E-state index is 1.05. The van der Waals surface area contributed by atoms with Crippen LogP contribution >= 0.6 is 0 Å². The first kappa shape index (κ1) is 39.9. The number of aryl methyl sites for hydroxylation is 3. The molecule has 0 spiro atoms. The highest BCUT2D eigenvalue weighted by atomic mass is 15.3. The van der Waals surface area contributed by atoms with Crippen molar-refractivity contribution in [1.82, 2.24) is 0 Å². The van der Waals surface area contributed by atoms with Gasteiger partial charge in [0.15, 0.2) is 0 Å². The number of quaternary nitrogens is 1. The Kier molecular flexibility index (Phi) is 17.5. The first-order chi connectivity index (χ1) is 22.1. The average Bonchev–Trinajstić information content (AvgIpc) is 3.06. The zero-order valence-corrected chi connectivity index (χ0v) is 32.3. The molecule has 0 heterocycles. The van der Waals surface area contributed by atoms with E-state index in [9.17, 15) is 0 Å². The fourth-order valence-corrected chi connectivity index (χ4v) is 8.05. The van der Waals surface area contributed by atoms with Crippen molar-refractivity contribution in [1.29, 1.82) is 0 Å². The fourth-order valence-electron chi connectivity index (χ4n) is 8.05. The zero-order chi connectivity index (χ0) is 34.2. The van der Waals surface area contributed by atoms with Gasteiger partial charge in [-0.05, 0) is 67.2 Å². The van der Waals surface area contributed by atoms with Gasteiger partial charge in [0.05, 0.1) is 32.3 Å². The van der Waals surface area contributed by atoms with Crippen LogP contribution in [0.2, 0.25) is 6.32 Å². The number of rotatable bonds is 18. The Labute approximate surface area is 287 Å².